The minimum atomic E-state index is -4.55. The maximum absolute atomic E-state index is 13.1. The van der Waals surface area contributed by atoms with Crippen LogP contribution in [-0.4, -0.2) is 20.9 Å². The molecule has 0 aliphatic carbocycles. The van der Waals surface area contributed by atoms with E-state index in [-0.39, 0.29) is 11.6 Å². The monoisotopic (exact) mass is 424 g/mol. The third kappa shape index (κ3) is 4.61. The second kappa shape index (κ2) is 8.02. The lowest BCUT2D eigenvalue weighted by atomic mass is 10.1. The Morgan fingerprint density at radius 2 is 1.84 bits per heavy atom. The Hall–Kier alpha value is -4.01. The van der Waals surface area contributed by atoms with Gasteiger partial charge in [-0.25, -0.2) is 9.97 Å². The number of rotatable bonds is 4. The second-order valence-electron chi connectivity index (χ2n) is 6.64. The minimum Gasteiger partial charge on any atom is -0.439 e. The molecule has 156 valence electrons. The lowest BCUT2D eigenvalue weighted by Gasteiger charge is -2.14. The predicted octanol–water partition coefficient (Wildman–Crippen LogP) is 5.46. The molecule has 2 aromatic heterocycles. The van der Waals surface area contributed by atoms with Gasteiger partial charge in [0.2, 0.25) is 11.8 Å². The summed E-state index contributed by atoms with van der Waals surface area (Å²) in [4.78, 5) is 24.0. The largest absolute Gasteiger partial charge is 0.439 e. The Morgan fingerprint density at radius 1 is 1.00 bits per heavy atom. The fourth-order valence-corrected chi connectivity index (χ4v) is 3.01. The summed E-state index contributed by atoms with van der Waals surface area (Å²) in [7, 11) is 0. The Labute approximate surface area is 174 Å². The summed E-state index contributed by atoms with van der Waals surface area (Å²) in [6.45, 7) is 1.21. The van der Waals surface area contributed by atoms with Gasteiger partial charge in [-0.3, -0.25) is 9.78 Å². The van der Waals surface area contributed by atoms with Crippen LogP contribution in [0.15, 0.2) is 67.1 Å². The van der Waals surface area contributed by atoms with E-state index in [1.807, 2.05) is 18.2 Å². The molecule has 0 spiro atoms. The van der Waals surface area contributed by atoms with Crippen molar-refractivity contribution in [1.82, 2.24) is 15.0 Å². The summed E-state index contributed by atoms with van der Waals surface area (Å²) in [5, 5.41) is 3.37. The van der Waals surface area contributed by atoms with Crippen LogP contribution in [0.1, 0.15) is 12.5 Å². The normalized spacial score (nSPS) is 11.4. The summed E-state index contributed by atoms with van der Waals surface area (Å²) in [6.07, 6.45) is -1.64. The highest BCUT2D eigenvalue weighted by Crippen LogP contribution is 2.36. The Bertz CT molecular complexity index is 1280. The molecular formula is C22H15F3N4O2. The third-order valence-corrected chi connectivity index (χ3v) is 4.38. The smallest absolute Gasteiger partial charge is 0.416 e. The number of nitrogens with one attached hydrogen (secondary N) is 1. The number of aromatic nitrogens is 3. The fraction of sp³-hybridized carbons (Fsp3) is 0.0909. The number of carbonyl (C=O) groups excluding carboxylic acids is 1. The highest BCUT2D eigenvalue weighted by molar-refractivity contribution is 5.94. The van der Waals surface area contributed by atoms with Gasteiger partial charge in [-0.05, 0) is 30.3 Å². The first-order chi connectivity index (χ1) is 14.8. The van der Waals surface area contributed by atoms with Crippen LogP contribution >= 0.6 is 0 Å². The number of fused-ring (bicyclic) bond motifs is 1. The van der Waals surface area contributed by atoms with Crippen LogP contribution in [0.4, 0.5) is 18.9 Å². The molecule has 0 atom stereocenters. The van der Waals surface area contributed by atoms with Gasteiger partial charge in [0, 0.05) is 36.2 Å². The van der Waals surface area contributed by atoms with Crippen molar-refractivity contribution in [1.29, 1.82) is 0 Å². The average molecular weight is 424 g/mol. The van der Waals surface area contributed by atoms with Crippen molar-refractivity contribution >= 4 is 22.5 Å². The van der Waals surface area contributed by atoms with E-state index in [9.17, 15) is 18.0 Å². The number of hydrogen-bond donors (Lipinski definition) is 1. The molecular weight excluding hydrogens is 409 g/mol. The number of alkyl halides is 3. The molecule has 0 aliphatic rings. The minimum absolute atomic E-state index is 0.0121. The highest BCUT2D eigenvalue weighted by atomic mass is 19.4. The van der Waals surface area contributed by atoms with Crippen LogP contribution in [0, 0.1) is 0 Å². The topological polar surface area (TPSA) is 77.0 Å². The number of hydrogen-bond acceptors (Lipinski definition) is 5. The van der Waals surface area contributed by atoms with Crippen LogP contribution in [0.3, 0.4) is 0 Å². The lowest BCUT2D eigenvalue weighted by molar-refractivity contribution is -0.137. The summed E-state index contributed by atoms with van der Waals surface area (Å²) in [5.41, 5.74) is 0.443. The molecule has 4 rings (SSSR count). The standard InChI is InChI=1S/C22H15F3N4O2/c1-13(30)29-20-9-15(22(23,24)25)5-7-17(20)19-11-21(28-12-27-19)31-16-6-4-14-3-2-8-26-18(14)10-16/h2-12H,1H3,(H,29,30). The molecule has 9 heteroatoms. The second-order valence-corrected chi connectivity index (χ2v) is 6.64. The molecule has 6 nitrogen and oxygen atoms in total. The van der Waals surface area contributed by atoms with Crippen molar-refractivity contribution < 1.29 is 22.7 Å². The van der Waals surface area contributed by atoms with E-state index in [2.05, 4.69) is 20.3 Å². The van der Waals surface area contributed by atoms with Crippen molar-refractivity contribution in [3.05, 3.63) is 72.7 Å². The fourth-order valence-electron chi connectivity index (χ4n) is 3.01. The molecule has 1 N–H and O–H groups in total. The molecule has 2 aromatic carbocycles. The van der Waals surface area contributed by atoms with E-state index < -0.39 is 17.6 Å². The van der Waals surface area contributed by atoms with E-state index in [1.165, 1.54) is 25.4 Å². The number of nitrogens with zero attached hydrogens (tertiary/aromatic N) is 3. The van der Waals surface area contributed by atoms with Gasteiger partial charge >= 0.3 is 6.18 Å². The van der Waals surface area contributed by atoms with Gasteiger partial charge in [0.05, 0.1) is 22.5 Å². The molecule has 0 bridgehead atoms. The van der Waals surface area contributed by atoms with E-state index in [1.54, 1.807) is 18.3 Å². The quantitative estimate of drug-likeness (QED) is 0.471. The molecule has 4 aromatic rings. The summed E-state index contributed by atoms with van der Waals surface area (Å²) < 4.78 is 45.1. The molecule has 0 saturated carbocycles. The summed E-state index contributed by atoms with van der Waals surface area (Å²) in [5.74, 6) is 0.175. The highest BCUT2D eigenvalue weighted by Gasteiger charge is 2.31. The molecule has 0 unspecified atom stereocenters. The van der Waals surface area contributed by atoms with Gasteiger partial charge in [-0.2, -0.15) is 13.2 Å². The Kier molecular flexibility index (Phi) is 5.24. The van der Waals surface area contributed by atoms with Crippen LogP contribution in [-0.2, 0) is 11.0 Å². The van der Waals surface area contributed by atoms with Gasteiger partial charge < -0.3 is 10.1 Å². The van der Waals surface area contributed by atoms with Crippen LogP contribution in [0.25, 0.3) is 22.2 Å². The summed E-state index contributed by atoms with van der Waals surface area (Å²) >= 11 is 0. The first-order valence-electron chi connectivity index (χ1n) is 9.13. The van der Waals surface area contributed by atoms with Crippen LogP contribution in [0.5, 0.6) is 11.6 Å². The van der Waals surface area contributed by atoms with Gasteiger partial charge in [0.25, 0.3) is 0 Å². The van der Waals surface area contributed by atoms with Gasteiger partial charge in [-0.1, -0.05) is 12.1 Å². The van der Waals surface area contributed by atoms with E-state index in [4.69, 9.17) is 4.74 Å². The zero-order chi connectivity index (χ0) is 22.0. The van der Waals surface area contributed by atoms with Crippen molar-refractivity contribution in [2.45, 2.75) is 13.1 Å². The van der Waals surface area contributed by atoms with Gasteiger partial charge in [0.1, 0.15) is 12.1 Å². The number of anilines is 1. The predicted molar refractivity (Wildman–Crippen MR) is 109 cm³/mol. The van der Waals surface area contributed by atoms with E-state index in [0.717, 1.165) is 23.0 Å². The molecule has 1 amide bonds. The number of amides is 1. The number of halogens is 3. The first kappa shape index (κ1) is 20.3. The van der Waals surface area contributed by atoms with Crippen molar-refractivity contribution in [2.75, 3.05) is 5.32 Å². The molecule has 2 heterocycles. The van der Waals surface area contributed by atoms with Crippen LogP contribution in [0.2, 0.25) is 0 Å². The number of pyridine rings is 1. The van der Waals surface area contributed by atoms with Crippen molar-refractivity contribution in [3.8, 4) is 22.9 Å². The lowest BCUT2D eigenvalue weighted by Crippen LogP contribution is -2.10. The van der Waals surface area contributed by atoms with Crippen molar-refractivity contribution in [3.63, 3.8) is 0 Å². The SMILES string of the molecule is CC(=O)Nc1cc(C(F)(F)F)ccc1-c1cc(Oc2ccc3cccnc3c2)ncn1. The number of carbonyl (C=O) groups is 1. The molecule has 0 aliphatic heterocycles. The maximum Gasteiger partial charge on any atom is 0.416 e. The Balaban J connectivity index is 1.69. The third-order valence-electron chi connectivity index (χ3n) is 4.38. The van der Waals surface area contributed by atoms with Gasteiger partial charge in [0.15, 0.2) is 0 Å². The number of benzene rings is 2. The maximum atomic E-state index is 13.1. The van der Waals surface area contributed by atoms with Crippen LogP contribution < -0.4 is 10.1 Å². The zero-order valence-corrected chi connectivity index (χ0v) is 16.1. The van der Waals surface area contributed by atoms with Gasteiger partial charge in [-0.15, -0.1) is 0 Å². The zero-order valence-electron chi connectivity index (χ0n) is 16.1. The molecule has 0 saturated heterocycles. The average Bonchev–Trinajstić information content (AvgIpc) is 2.73. The molecule has 31 heavy (non-hydrogen) atoms. The first-order valence-corrected chi connectivity index (χ1v) is 9.13. The van der Waals surface area contributed by atoms with Crippen molar-refractivity contribution in [2.24, 2.45) is 0 Å². The number of ether oxygens (including phenoxy) is 1. The Morgan fingerprint density at radius 3 is 2.61 bits per heavy atom. The van der Waals surface area contributed by atoms with E-state index in [0.29, 0.717) is 17.0 Å². The molecule has 0 radical (unpaired) electrons. The van der Waals surface area contributed by atoms with E-state index >= 15 is 0 Å². The molecule has 0 fully saturated rings. The summed E-state index contributed by atoms with van der Waals surface area (Å²) in [6, 6.07) is 13.6.